The molecule has 1 unspecified atom stereocenters. The van der Waals surface area contributed by atoms with Crippen LogP contribution >= 0.6 is 0 Å². The molecule has 1 spiro atoms. The van der Waals surface area contributed by atoms with Gasteiger partial charge >= 0.3 is 0 Å². The van der Waals surface area contributed by atoms with Gasteiger partial charge in [-0.2, -0.15) is 0 Å². The molecule has 3 heteroatoms. The second-order valence-corrected chi connectivity index (χ2v) is 5.62. The van der Waals surface area contributed by atoms with E-state index >= 15 is 0 Å². The number of rotatable bonds is 1. The van der Waals surface area contributed by atoms with Crippen molar-refractivity contribution >= 4 is 0 Å². The highest BCUT2D eigenvalue weighted by Crippen LogP contribution is 2.47. The molecule has 0 aromatic carbocycles. The highest BCUT2D eigenvalue weighted by molar-refractivity contribution is 5.18. The van der Waals surface area contributed by atoms with Gasteiger partial charge in [-0.3, -0.25) is 4.98 Å². The van der Waals surface area contributed by atoms with Gasteiger partial charge in [0.15, 0.2) is 0 Å². The summed E-state index contributed by atoms with van der Waals surface area (Å²) >= 11 is 0. The molecule has 3 nitrogen and oxygen atoms in total. The quantitative estimate of drug-likeness (QED) is 0.793. The molecule has 2 aliphatic rings. The van der Waals surface area contributed by atoms with Crippen LogP contribution in [0.2, 0.25) is 0 Å². The summed E-state index contributed by atoms with van der Waals surface area (Å²) in [6.07, 6.45) is 4.51. The minimum Gasteiger partial charge on any atom is -0.317 e. The van der Waals surface area contributed by atoms with Gasteiger partial charge in [-0.1, -0.05) is 6.07 Å². The summed E-state index contributed by atoms with van der Waals surface area (Å²) < 4.78 is 0. The van der Waals surface area contributed by atoms with E-state index in [1.165, 1.54) is 25.1 Å². The lowest BCUT2D eigenvalue weighted by molar-refractivity contribution is 0.186. The number of likely N-dealkylation sites (tertiary alicyclic amines) is 1. The molecule has 2 saturated heterocycles. The topological polar surface area (TPSA) is 28.2 Å². The summed E-state index contributed by atoms with van der Waals surface area (Å²) in [4.78, 5) is 7.07. The number of nitrogens with zero attached hydrogens (tertiary/aromatic N) is 2. The smallest absolute Gasteiger partial charge is 0.0453 e. The van der Waals surface area contributed by atoms with Crippen molar-refractivity contribution < 1.29 is 0 Å². The molecule has 0 bridgehead atoms. The van der Waals surface area contributed by atoms with E-state index in [4.69, 9.17) is 0 Å². The van der Waals surface area contributed by atoms with Crippen LogP contribution in [0, 0.1) is 5.41 Å². The fraction of sp³-hybridized carbons (Fsp3) is 0.643. The minimum atomic E-state index is 0.467. The average molecular weight is 231 g/mol. The van der Waals surface area contributed by atoms with Gasteiger partial charge in [0.2, 0.25) is 0 Å². The van der Waals surface area contributed by atoms with Crippen LogP contribution in [0.25, 0.3) is 0 Å². The molecule has 1 N–H and O–H groups in total. The monoisotopic (exact) mass is 231 g/mol. The maximum Gasteiger partial charge on any atom is 0.0453 e. The summed E-state index contributed by atoms with van der Waals surface area (Å²) in [6, 6.07) is 6.33. The molecule has 0 saturated carbocycles. The van der Waals surface area contributed by atoms with E-state index in [9.17, 15) is 0 Å². The van der Waals surface area contributed by atoms with Crippen LogP contribution in [0.5, 0.6) is 0 Å². The summed E-state index contributed by atoms with van der Waals surface area (Å²) in [5.74, 6) is 0.621. The van der Waals surface area contributed by atoms with E-state index in [1.807, 2.05) is 12.3 Å². The first kappa shape index (κ1) is 11.2. The van der Waals surface area contributed by atoms with Crippen LogP contribution in [-0.2, 0) is 0 Å². The third-order valence-electron chi connectivity index (χ3n) is 4.46. The van der Waals surface area contributed by atoms with Gasteiger partial charge < -0.3 is 10.2 Å². The van der Waals surface area contributed by atoms with Gasteiger partial charge in [0.05, 0.1) is 0 Å². The summed E-state index contributed by atoms with van der Waals surface area (Å²) in [6.45, 7) is 4.72. The van der Waals surface area contributed by atoms with Crippen molar-refractivity contribution in [1.82, 2.24) is 15.2 Å². The maximum absolute atomic E-state index is 4.60. The van der Waals surface area contributed by atoms with E-state index in [0.717, 1.165) is 19.6 Å². The number of hydrogen-bond acceptors (Lipinski definition) is 3. The molecule has 0 radical (unpaired) electrons. The molecule has 3 rings (SSSR count). The van der Waals surface area contributed by atoms with Crippen molar-refractivity contribution in [1.29, 1.82) is 0 Å². The lowest BCUT2D eigenvalue weighted by Gasteiger charge is -2.38. The lowest BCUT2D eigenvalue weighted by Crippen LogP contribution is -2.41. The lowest BCUT2D eigenvalue weighted by atomic mass is 9.70. The van der Waals surface area contributed by atoms with Crippen molar-refractivity contribution in [2.24, 2.45) is 5.41 Å². The fourth-order valence-corrected chi connectivity index (χ4v) is 3.64. The number of likely N-dealkylation sites (N-methyl/N-ethyl adjacent to an activating group) is 1. The molecule has 2 aliphatic heterocycles. The van der Waals surface area contributed by atoms with E-state index in [1.54, 1.807) is 0 Å². The number of nitrogens with one attached hydrogen (secondary N) is 1. The predicted molar refractivity (Wildman–Crippen MR) is 69.0 cm³/mol. The van der Waals surface area contributed by atoms with Crippen LogP contribution < -0.4 is 5.32 Å². The first-order valence-corrected chi connectivity index (χ1v) is 6.60. The Kier molecular flexibility index (Phi) is 2.89. The van der Waals surface area contributed by atoms with E-state index in [0.29, 0.717) is 11.3 Å². The Morgan fingerprint density at radius 2 is 2.18 bits per heavy atom. The molecule has 2 fully saturated rings. The summed E-state index contributed by atoms with van der Waals surface area (Å²) in [5, 5.41) is 3.48. The molecule has 92 valence electrons. The van der Waals surface area contributed by atoms with E-state index in [-0.39, 0.29) is 0 Å². The van der Waals surface area contributed by atoms with Crippen molar-refractivity contribution in [3.8, 4) is 0 Å². The molecule has 0 aliphatic carbocycles. The molecular weight excluding hydrogens is 210 g/mol. The first-order valence-electron chi connectivity index (χ1n) is 6.60. The molecule has 17 heavy (non-hydrogen) atoms. The van der Waals surface area contributed by atoms with Crippen molar-refractivity contribution in [3.63, 3.8) is 0 Å². The maximum atomic E-state index is 4.60. The largest absolute Gasteiger partial charge is 0.317 e. The molecule has 0 amide bonds. The van der Waals surface area contributed by atoms with E-state index < -0.39 is 0 Å². The third-order valence-corrected chi connectivity index (χ3v) is 4.46. The Hall–Kier alpha value is -0.930. The van der Waals surface area contributed by atoms with Gasteiger partial charge in [0, 0.05) is 30.9 Å². The van der Waals surface area contributed by atoms with Gasteiger partial charge in [0.1, 0.15) is 0 Å². The fourth-order valence-electron chi connectivity index (χ4n) is 3.64. The number of pyridine rings is 1. The zero-order valence-corrected chi connectivity index (χ0v) is 10.5. The first-order chi connectivity index (χ1) is 8.30. The van der Waals surface area contributed by atoms with Crippen LogP contribution in [0.4, 0.5) is 0 Å². The Bertz CT molecular complexity index is 370. The molecule has 3 heterocycles. The molecule has 1 aromatic rings. The Labute approximate surface area is 103 Å². The van der Waals surface area contributed by atoms with Crippen LogP contribution in [-0.4, -0.2) is 43.1 Å². The summed E-state index contributed by atoms with van der Waals surface area (Å²) in [5.41, 5.74) is 1.76. The van der Waals surface area contributed by atoms with Crippen LogP contribution in [0.15, 0.2) is 24.4 Å². The minimum absolute atomic E-state index is 0.467. The SMILES string of the molecule is CN1CC(c2ccccn2)C2(CCNCC2)C1. The second-order valence-electron chi connectivity index (χ2n) is 5.62. The van der Waals surface area contributed by atoms with Gasteiger partial charge in [-0.05, 0) is 50.5 Å². The average Bonchev–Trinajstić information content (AvgIpc) is 2.68. The molecular formula is C14H21N3. The van der Waals surface area contributed by atoms with E-state index in [2.05, 4.69) is 34.4 Å². The van der Waals surface area contributed by atoms with Crippen molar-refractivity contribution in [3.05, 3.63) is 30.1 Å². The predicted octanol–water partition coefficient (Wildman–Crippen LogP) is 1.48. The molecule has 1 aromatic heterocycles. The zero-order chi connectivity index (χ0) is 11.7. The Morgan fingerprint density at radius 3 is 2.88 bits per heavy atom. The normalized spacial score (nSPS) is 28.6. The zero-order valence-electron chi connectivity index (χ0n) is 10.5. The standard InChI is InChI=1S/C14H21N3/c1-17-10-12(13-4-2-3-7-16-13)14(11-17)5-8-15-9-6-14/h2-4,7,12,15H,5-6,8-11H2,1H3. The van der Waals surface area contributed by atoms with Gasteiger partial charge in [-0.25, -0.2) is 0 Å². The van der Waals surface area contributed by atoms with Crippen molar-refractivity contribution in [2.75, 3.05) is 33.2 Å². The Morgan fingerprint density at radius 1 is 1.35 bits per heavy atom. The second kappa shape index (κ2) is 4.39. The highest BCUT2D eigenvalue weighted by atomic mass is 15.1. The number of piperidine rings is 1. The summed E-state index contributed by atoms with van der Waals surface area (Å²) in [7, 11) is 2.24. The van der Waals surface area contributed by atoms with Gasteiger partial charge in [0.25, 0.3) is 0 Å². The third kappa shape index (κ3) is 1.98. The Balaban J connectivity index is 1.91. The van der Waals surface area contributed by atoms with Crippen LogP contribution in [0.1, 0.15) is 24.5 Å². The number of aromatic nitrogens is 1. The van der Waals surface area contributed by atoms with Crippen molar-refractivity contribution in [2.45, 2.75) is 18.8 Å². The van der Waals surface area contributed by atoms with Gasteiger partial charge in [-0.15, -0.1) is 0 Å². The van der Waals surface area contributed by atoms with Crippen LogP contribution in [0.3, 0.4) is 0 Å². The molecule has 1 atom stereocenters. The number of hydrogen-bond donors (Lipinski definition) is 1. The highest BCUT2D eigenvalue weighted by Gasteiger charge is 2.46.